The van der Waals surface area contributed by atoms with E-state index in [9.17, 15) is 9.59 Å². The number of rotatable bonds is 9. The molecule has 2 N–H and O–H groups in total. The normalized spacial score (nSPS) is 14.6. The van der Waals surface area contributed by atoms with Crippen LogP contribution in [0.5, 0.6) is 0 Å². The van der Waals surface area contributed by atoms with Gasteiger partial charge in [0.1, 0.15) is 5.69 Å². The maximum absolute atomic E-state index is 12.2. The van der Waals surface area contributed by atoms with Crippen molar-refractivity contribution in [1.29, 1.82) is 0 Å². The Kier molecular flexibility index (Phi) is 7.95. The van der Waals surface area contributed by atoms with Gasteiger partial charge in [-0.05, 0) is 12.0 Å². The van der Waals surface area contributed by atoms with Crippen molar-refractivity contribution in [2.45, 2.75) is 12.8 Å². The Bertz CT molecular complexity index is 760. The molecule has 8 heteroatoms. The molecule has 1 aromatic heterocycles. The molecule has 1 aliphatic heterocycles. The number of nitrogens with zero attached hydrogens (tertiary/aromatic N) is 2. The summed E-state index contributed by atoms with van der Waals surface area (Å²) < 4.78 is 5.29. The van der Waals surface area contributed by atoms with Gasteiger partial charge in [-0.25, -0.2) is 4.98 Å². The monoisotopic (exact) mass is 402 g/mol. The van der Waals surface area contributed by atoms with Gasteiger partial charge >= 0.3 is 0 Å². The Balaban J connectivity index is 1.34. The predicted octanol–water partition coefficient (Wildman–Crippen LogP) is 1.11. The van der Waals surface area contributed by atoms with Crippen LogP contribution in [0.2, 0.25) is 0 Å². The molecule has 0 atom stereocenters. The summed E-state index contributed by atoms with van der Waals surface area (Å²) in [4.78, 5) is 30.7. The lowest BCUT2D eigenvalue weighted by molar-refractivity contribution is -0.120. The van der Waals surface area contributed by atoms with E-state index in [0.717, 1.165) is 50.7 Å². The van der Waals surface area contributed by atoms with E-state index >= 15 is 0 Å². The number of nitrogens with one attached hydrogen (secondary N) is 2. The molecule has 7 nitrogen and oxygen atoms in total. The zero-order chi connectivity index (χ0) is 19.6. The maximum atomic E-state index is 12.2. The van der Waals surface area contributed by atoms with Crippen LogP contribution in [0.25, 0.3) is 0 Å². The summed E-state index contributed by atoms with van der Waals surface area (Å²) in [6.45, 7) is 4.58. The lowest BCUT2D eigenvalue weighted by Gasteiger charge is -2.26. The second-order valence-electron chi connectivity index (χ2n) is 6.60. The Hall–Kier alpha value is -2.29. The number of amides is 2. The zero-order valence-electron chi connectivity index (χ0n) is 15.9. The van der Waals surface area contributed by atoms with Crippen molar-refractivity contribution < 1.29 is 14.3 Å². The molecule has 2 amide bonds. The predicted molar refractivity (Wildman–Crippen MR) is 109 cm³/mol. The third kappa shape index (κ3) is 6.70. The standard InChI is InChI=1S/C20H26N4O3S/c25-18(21-8-9-24-10-12-27-13-11-24)14-22-20(26)17-15-28-19(23-17)7-6-16-4-2-1-3-5-16/h1-5,15H,6-14H2,(H,21,25)(H,22,26). The van der Waals surface area contributed by atoms with E-state index in [2.05, 4.69) is 32.7 Å². The van der Waals surface area contributed by atoms with Gasteiger partial charge in [-0.15, -0.1) is 11.3 Å². The van der Waals surface area contributed by atoms with Gasteiger partial charge in [0.05, 0.1) is 24.8 Å². The van der Waals surface area contributed by atoms with Crippen molar-refractivity contribution >= 4 is 23.2 Å². The molecular weight excluding hydrogens is 376 g/mol. The molecule has 1 aliphatic rings. The van der Waals surface area contributed by atoms with Crippen LogP contribution in [0.3, 0.4) is 0 Å². The summed E-state index contributed by atoms with van der Waals surface area (Å²) in [5.74, 6) is -0.508. The van der Waals surface area contributed by atoms with E-state index in [1.165, 1.54) is 16.9 Å². The van der Waals surface area contributed by atoms with E-state index < -0.39 is 0 Å². The third-order valence-electron chi connectivity index (χ3n) is 4.52. The lowest BCUT2D eigenvalue weighted by atomic mass is 10.1. The number of carbonyl (C=O) groups excluding carboxylic acids is 2. The summed E-state index contributed by atoms with van der Waals surface area (Å²) in [5.41, 5.74) is 1.62. The third-order valence-corrected chi connectivity index (χ3v) is 5.43. The summed E-state index contributed by atoms with van der Waals surface area (Å²) in [5, 5.41) is 8.12. The van der Waals surface area contributed by atoms with Crippen molar-refractivity contribution in [2.24, 2.45) is 0 Å². The highest BCUT2D eigenvalue weighted by atomic mass is 32.1. The molecule has 0 saturated carbocycles. The minimum Gasteiger partial charge on any atom is -0.379 e. The number of benzene rings is 1. The largest absolute Gasteiger partial charge is 0.379 e. The first kappa shape index (κ1) is 20.4. The van der Waals surface area contributed by atoms with Gasteiger partial charge in [-0.2, -0.15) is 0 Å². The highest BCUT2D eigenvalue weighted by Crippen LogP contribution is 2.13. The van der Waals surface area contributed by atoms with Crippen LogP contribution < -0.4 is 10.6 Å². The SMILES string of the molecule is O=C(CNC(=O)c1csc(CCc2ccccc2)n1)NCCN1CCOCC1. The van der Waals surface area contributed by atoms with Crippen molar-refractivity contribution in [1.82, 2.24) is 20.5 Å². The highest BCUT2D eigenvalue weighted by Gasteiger charge is 2.13. The summed E-state index contributed by atoms with van der Waals surface area (Å²) in [7, 11) is 0. The molecule has 0 bridgehead atoms. The van der Waals surface area contributed by atoms with Crippen LogP contribution in [-0.2, 0) is 22.4 Å². The van der Waals surface area contributed by atoms with Gasteiger partial charge in [-0.3, -0.25) is 14.5 Å². The topological polar surface area (TPSA) is 83.6 Å². The number of hydrogen-bond acceptors (Lipinski definition) is 6. The summed E-state index contributed by atoms with van der Waals surface area (Å²) >= 11 is 1.47. The molecular formula is C20H26N4O3S. The molecule has 0 unspecified atom stereocenters. The van der Waals surface area contributed by atoms with E-state index in [4.69, 9.17) is 4.74 Å². The Morgan fingerprint density at radius 3 is 2.68 bits per heavy atom. The Labute approximate surface area is 169 Å². The van der Waals surface area contributed by atoms with E-state index in [1.807, 2.05) is 18.2 Å². The fourth-order valence-corrected chi connectivity index (χ4v) is 3.70. The van der Waals surface area contributed by atoms with Gasteiger partial charge in [0.15, 0.2) is 0 Å². The molecule has 1 aromatic carbocycles. The zero-order valence-corrected chi connectivity index (χ0v) is 16.7. The first-order valence-electron chi connectivity index (χ1n) is 9.54. The number of aromatic nitrogens is 1. The van der Waals surface area contributed by atoms with Gasteiger partial charge in [0, 0.05) is 38.0 Å². The molecule has 28 heavy (non-hydrogen) atoms. The van der Waals surface area contributed by atoms with Crippen LogP contribution in [0.15, 0.2) is 35.7 Å². The molecule has 0 aliphatic carbocycles. The summed E-state index contributed by atoms with van der Waals surface area (Å²) in [6, 6.07) is 10.2. The average Bonchev–Trinajstić information content (AvgIpc) is 3.21. The molecule has 0 radical (unpaired) electrons. The van der Waals surface area contributed by atoms with Crippen LogP contribution >= 0.6 is 11.3 Å². The summed E-state index contributed by atoms with van der Waals surface area (Å²) in [6.07, 6.45) is 1.69. The number of ether oxygens (including phenoxy) is 1. The first-order valence-corrected chi connectivity index (χ1v) is 10.4. The minimum atomic E-state index is -0.314. The fourth-order valence-electron chi connectivity index (χ4n) is 2.92. The maximum Gasteiger partial charge on any atom is 0.271 e. The van der Waals surface area contributed by atoms with Gasteiger partial charge in [-0.1, -0.05) is 30.3 Å². The molecule has 2 heterocycles. The number of morpholine rings is 1. The molecule has 2 aromatic rings. The smallest absolute Gasteiger partial charge is 0.271 e. The average molecular weight is 403 g/mol. The lowest BCUT2D eigenvalue weighted by Crippen LogP contribution is -2.43. The van der Waals surface area contributed by atoms with Crippen LogP contribution in [-0.4, -0.2) is 67.6 Å². The number of carbonyl (C=O) groups is 2. The van der Waals surface area contributed by atoms with Crippen molar-refractivity contribution in [3.05, 3.63) is 52.0 Å². The van der Waals surface area contributed by atoms with Crippen molar-refractivity contribution in [3.8, 4) is 0 Å². The van der Waals surface area contributed by atoms with E-state index in [1.54, 1.807) is 5.38 Å². The highest BCUT2D eigenvalue weighted by molar-refractivity contribution is 7.09. The molecule has 3 rings (SSSR count). The number of aryl methyl sites for hydroxylation is 2. The van der Waals surface area contributed by atoms with E-state index in [0.29, 0.717) is 12.2 Å². The Morgan fingerprint density at radius 1 is 1.11 bits per heavy atom. The minimum absolute atomic E-state index is 0.0428. The fraction of sp³-hybridized carbons (Fsp3) is 0.450. The van der Waals surface area contributed by atoms with Crippen LogP contribution in [0.1, 0.15) is 21.1 Å². The molecule has 150 valence electrons. The quantitative estimate of drug-likeness (QED) is 0.656. The van der Waals surface area contributed by atoms with Crippen molar-refractivity contribution in [2.75, 3.05) is 45.9 Å². The van der Waals surface area contributed by atoms with E-state index in [-0.39, 0.29) is 18.4 Å². The van der Waals surface area contributed by atoms with Gasteiger partial charge in [0.25, 0.3) is 5.91 Å². The second kappa shape index (κ2) is 10.9. The van der Waals surface area contributed by atoms with Gasteiger partial charge in [0.2, 0.25) is 5.91 Å². The van der Waals surface area contributed by atoms with Gasteiger partial charge < -0.3 is 15.4 Å². The number of thiazole rings is 1. The Morgan fingerprint density at radius 2 is 1.89 bits per heavy atom. The molecule has 1 fully saturated rings. The van der Waals surface area contributed by atoms with Crippen molar-refractivity contribution in [3.63, 3.8) is 0 Å². The number of hydrogen-bond donors (Lipinski definition) is 2. The first-order chi connectivity index (χ1) is 13.7. The van der Waals surface area contributed by atoms with Crippen LogP contribution in [0.4, 0.5) is 0 Å². The second-order valence-corrected chi connectivity index (χ2v) is 7.54. The van der Waals surface area contributed by atoms with Crippen LogP contribution in [0, 0.1) is 0 Å². The molecule has 1 saturated heterocycles. The molecule has 0 spiro atoms.